The van der Waals surface area contributed by atoms with Gasteiger partial charge in [-0.25, -0.2) is 4.39 Å². The summed E-state index contributed by atoms with van der Waals surface area (Å²) in [6, 6.07) is 7.57. The minimum atomic E-state index is -0.383. The molecule has 0 radical (unpaired) electrons. The van der Waals surface area contributed by atoms with Crippen molar-refractivity contribution < 1.29 is 9.13 Å². The molecule has 2 nitrogen and oxygen atoms in total. The van der Waals surface area contributed by atoms with Gasteiger partial charge in [-0.05, 0) is 30.9 Å². The predicted octanol–water partition coefficient (Wildman–Crippen LogP) is 3.85. The normalized spacial score (nSPS) is 18.1. The van der Waals surface area contributed by atoms with Crippen LogP contribution in [0.1, 0.15) is 37.7 Å². The molecule has 1 aromatic carbocycles. The van der Waals surface area contributed by atoms with Gasteiger partial charge in [0, 0.05) is 0 Å². The summed E-state index contributed by atoms with van der Waals surface area (Å²) in [6.07, 6.45) is 5.56. The third-order valence-corrected chi connectivity index (χ3v) is 3.84. The molecule has 96 valence electrons. The van der Waals surface area contributed by atoms with Crippen LogP contribution in [0.3, 0.4) is 0 Å². The summed E-state index contributed by atoms with van der Waals surface area (Å²) in [5, 5.41) is 9.42. The molecule has 1 saturated carbocycles. The lowest BCUT2D eigenvalue weighted by atomic mass is 9.71. The predicted molar refractivity (Wildman–Crippen MR) is 67.8 cm³/mol. The van der Waals surface area contributed by atoms with Crippen LogP contribution in [0.15, 0.2) is 18.2 Å². The van der Waals surface area contributed by atoms with Crippen molar-refractivity contribution in [2.75, 3.05) is 7.11 Å². The van der Waals surface area contributed by atoms with Crippen LogP contribution in [0.5, 0.6) is 5.75 Å². The Balaban J connectivity index is 2.25. The molecular formula is C15H18FNO. The summed E-state index contributed by atoms with van der Waals surface area (Å²) in [6.45, 7) is 0. The molecule has 2 rings (SSSR count). The zero-order chi connectivity index (χ0) is 13.0. The van der Waals surface area contributed by atoms with E-state index in [1.165, 1.54) is 13.5 Å². The van der Waals surface area contributed by atoms with Gasteiger partial charge in [-0.15, -0.1) is 0 Å². The van der Waals surface area contributed by atoms with Crippen LogP contribution in [-0.2, 0) is 6.42 Å². The highest BCUT2D eigenvalue weighted by Crippen LogP contribution is 2.39. The Hall–Kier alpha value is -1.56. The third-order valence-electron chi connectivity index (χ3n) is 3.84. The smallest absolute Gasteiger partial charge is 0.168 e. The van der Waals surface area contributed by atoms with Gasteiger partial charge in [0.2, 0.25) is 0 Å². The number of halogens is 1. The molecule has 18 heavy (non-hydrogen) atoms. The Bertz CT molecular complexity index is 458. The van der Waals surface area contributed by atoms with Gasteiger partial charge >= 0.3 is 0 Å². The lowest BCUT2D eigenvalue weighted by molar-refractivity contribution is 0.262. The highest BCUT2D eigenvalue weighted by molar-refractivity contribution is 5.32. The van der Waals surface area contributed by atoms with Crippen LogP contribution < -0.4 is 4.74 Å². The fourth-order valence-electron chi connectivity index (χ4n) is 2.77. The van der Waals surface area contributed by atoms with Gasteiger partial charge in [-0.1, -0.05) is 31.4 Å². The van der Waals surface area contributed by atoms with Crippen molar-refractivity contribution in [2.24, 2.45) is 5.41 Å². The molecular weight excluding hydrogens is 229 g/mol. The average molecular weight is 247 g/mol. The zero-order valence-corrected chi connectivity index (χ0v) is 10.7. The van der Waals surface area contributed by atoms with Crippen molar-refractivity contribution in [3.63, 3.8) is 0 Å². The van der Waals surface area contributed by atoms with Gasteiger partial charge < -0.3 is 4.74 Å². The number of nitriles is 1. The Morgan fingerprint density at radius 1 is 1.33 bits per heavy atom. The monoisotopic (exact) mass is 247 g/mol. The molecule has 1 fully saturated rings. The number of benzene rings is 1. The summed E-state index contributed by atoms with van der Waals surface area (Å²) >= 11 is 0. The molecule has 0 heterocycles. The molecule has 0 aliphatic heterocycles. The van der Waals surface area contributed by atoms with E-state index in [1.54, 1.807) is 18.2 Å². The fourth-order valence-corrected chi connectivity index (χ4v) is 2.77. The van der Waals surface area contributed by atoms with E-state index in [0.717, 1.165) is 25.7 Å². The fraction of sp³-hybridized carbons (Fsp3) is 0.533. The molecule has 0 bridgehead atoms. The van der Waals surface area contributed by atoms with Gasteiger partial charge in [0.05, 0.1) is 18.6 Å². The molecule has 3 heteroatoms. The first-order valence-electron chi connectivity index (χ1n) is 6.43. The largest absolute Gasteiger partial charge is 0.494 e. The third kappa shape index (κ3) is 2.48. The van der Waals surface area contributed by atoms with E-state index in [9.17, 15) is 9.65 Å². The van der Waals surface area contributed by atoms with Crippen molar-refractivity contribution in [3.05, 3.63) is 29.6 Å². The van der Waals surface area contributed by atoms with Crippen molar-refractivity contribution in [1.29, 1.82) is 5.26 Å². The SMILES string of the molecule is COc1cccc(CC2(C#N)CCCCC2)c1F. The Labute approximate surface area is 107 Å². The number of methoxy groups -OCH3 is 1. The van der Waals surface area contributed by atoms with Gasteiger partial charge in [0.1, 0.15) is 0 Å². The first-order chi connectivity index (χ1) is 8.71. The van der Waals surface area contributed by atoms with E-state index < -0.39 is 0 Å². The van der Waals surface area contributed by atoms with Crippen LogP contribution in [0.25, 0.3) is 0 Å². The van der Waals surface area contributed by atoms with E-state index >= 15 is 0 Å². The van der Waals surface area contributed by atoms with Gasteiger partial charge in [-0.2, -0.15) is 5.26 Å². The molecule has 1 aliphatic carbocycles. The van der Waals surface area contributed by atoms with Crippen molar-refractivity contribution in [3.8, 4) is 11.8 Å². The van der Waals surface area contributed by atoms with Crippen LogP contribution in [0, 0.1) is 22.6 Å². The first kappa shape index (κ1) is 12.9. The minimum absolute atomic E-state index is 0.261. The molecule has 0 spiro atoms. The van der Waals surface area contributed by atoms with Gasteiger partial charge in [-0.3, -0.25) is 0 Å². The maximum atomic E-state index is 14.1. The Kier molecular flexibility index (Phi) is 3.86. The highest BCUT2D eigenvalue weighted by atomic mass is 19.1. The molecule has 0 amide bonds. The van der Waals surface area contributed by atoms with E-state index in [1.807, 2.05) is 0 Å². The van der Waals surface area contributed by atoms with E-state index in [-0.39, 0.29) is 17.0 Å². The Morgan fingerprint density at radius 3 is 2.67 bits per heavy atom. The topological polar surface area (TPSA) is 33.0 Å². The van der Waals surface area contributed by atoms with Crippen LogP contribution in [0.2, 0.25) is 0 Å². The molecule has 1 aliphatic rings. The second kappa shape index (κ2) is 5.39. The second-order valence-corrected chi connectivity index (χ2v) is 5.06. The maximum Gasteiger partial charge on any atom is 0.168 e. The van der Waals surface area contributed by atoms with E-state index in [2.05, 4.69) is 6.07 Å². The zero-order valence-electron chi connectivity index (χ0n) is 10.7. The van der Waals surface area contributed by atoms with E-state index in [4.69, 9.17) is 4.74 Å². The van der Waals surface area contributed by atoms with Crippen molar-refractivity contribution in [2.45, 2.75) is 38.5 Å². The number of nitrogens with zero attached hydrogens (tertiary/aromatic N) is 1. The molecule has 0 aromatic heterocycles. The second-order valence-electron chi connectivity index (χ2n) is 5.06. The quantitative estimate of drug-likeness (QED) is 0.812. The lowest BCUT2D eigenvalue weighted by Gasteiger charge is -2.30. The highest BCUT2D eigenvalue weighted by Gasteiger charge is 2.33. The van der Waals surface area contributed by atoms with Crippen molar-refractivity contribution in [1.82, 2.24) is 0 Å². The summed E-state index contributed by atoms with van der Waals surface area (Å²) < 4.78 is 19.1. The molecule has 0 N–H and O–H groups in total. The first-order valence-corrected chi connectivity index (χ1v) is 6.43. The van der Waals surface area contributed by atoms with Gasteiger partial charge in [0.15, 0.2) is 11.6 Å². The summed E-state index contributed by atoms with van der Waals surface area (Å²) in [7, 11) is 1.46. The maximum absolute atomic E-state index is 14.1. The summed E-state index contributed by atoms with van der Waals surface area (Å²) in [5.41, 5.74) is 0.212. The number of ether oxygens (including phenoxy) is 1. The van der Waals surface area contributed by atoms with Gasteiger partial charge in [0.25, 0.3) is 0 Å². The molecule has 0 saturated heterocycles. The molecule has 0 atom stereocenters. The number of hydrogen-bond acceptors (Lipinski definition) is 2. The van der Waals surface area contributed by atoms with E-state index in [0.29, 0.717) is 12.0 Å². The minimum Gasteiger partial charge on any atom is -0.494 e. The number of rotatable bonds is 3. The standard InChI is InChI=1S/C15H18FNO/c1-18-13-7-5-6-12(14(13)16)10-15(11-17)8-3-2-4-9-15/h5-7H,2-4,8-10H2,1H3. The summed E-state index contributed by atoms with van der Waals surface area (Å²) in [4.78, 5) is 0. The Morgan fingerprint density at radius 2 is 2.06 bits per heavy atom. The average Bonchev–Trinajstić information content (AvgIpc) is 2.42. The van der Waals surface area contributed by atoms with Crippen LogP contribution >= 0.6 is 0 Å². The number of hydrogen-bond donors (Lipinski definition) is 0. The van der Waals surface area contributed by atoms with Crippen molar-refractivity contribution >= 4 is 0 Å². The molecule has 1 aromatic rings. The van der Waals surface area contributed by atoms with Crippen LogP contribution in [0.4, 0.5) is 4.39 Å². The summed E-state index contributed by atoms with van der Waals surface area (Å²) in [5.74, 6) is -0.0587. The van der Waals surface area contributed by atoms with Crippen LogP contribution in [-0.4, -0.2) is 7.11 Å². The molecule has 0 unspecified atom stereocenters. The lowest BCUT2D eigenvalue weighted by Crippen LogP contribution is -2.25.